The summed E-state index contributed by atoms with van der Waals surface area (Å²) in [5.74, 6) is 1.82. The van der Waals surface area contributed by atoms with E-state index < -0.39 is 20.9 Å². The fourth-order valence-corrected chi connectivity index (χ4v) is 5.09. The molecule has 1 aliphatic carbocycles. The lowest BCUT2D eigenvalue weighted by Gasteiger charge is -2.18. The highest BCUT2D eigenvalue weighted by molar-refractivity contribution is 7.91. The molecule has 3 heterocycles. The van der Waals surface area contributed by atoms with Gasteiger partial charge in [0.25, 0.3) is 0 Å². The van der Waals surface area contributed by atoms with E-state index in [1.165, 1.54) is 0 Å². The zero-order chi connectivity index (χ0) is 21.3. The highest BCUT2D eigenvalue weighted by Crippen LogP contribution is 2.35. The first-order valence-electron chi connectivity index (χ1n) is 10.0. The van der Waals surface area contributed by atoms with Crippen LogP contribution in [0.2, 0.25) is 0 Å². The van der Waals surface area contributed by atoms with Gasteiger partial charge in [0.15, 0.2) is 27.2 Å². The number of sulfone groups is 1. The van der Waals surface area contributed by atoms with E-state index in [9.17, 15) is 12.8 Å². The zero-order valence-electron chi connectivity index (χ0n) is 17.0. The Balaban J connectivity index is 1.61. The van der Waals surface area contributed by atoms with E-state index in [1.807, 2.05) is 23.6 Å². The van der Waals surface area contributed by atoms with Crippen LogP contribution in [0.15, 0.2) is 28.9 Å². The smallest absolute Gasteiger partial charge is 0.200 e. The molecule has 1 atom stereocenters. The Hall–Kier alpha value is -2.62. The Bertz CT molecular complexity index is 1120. The molecule has 3 aromatic rings. The first kappa shape index (κ1) is 20.6. The van der Waals surface area contributed by atoms with E-state index in [2.05, 4.69) is 20.2 Å². The molecule has 8 nitrogen and oxygen atoms in total. The van der Waals surface area contributed by atoms with Crippen molar-refractivity contribution < 1.29 is 17.2 Å². The van der Waals surface area contributed by atoms with Crippen molar-refractivity contribution in [1.82, 2.24) is 24.7 Å². The number of nitrogens with zero attached hydrogens (tertiary/aromatic N) is 5. The molecule has 0 spiro atoms. The summed E-state index contributed by atoms with van der Waals surface area (Å²) in [4.78, 5) is 7.74. The number of halogens is 1. The van der Waals surface area contributed by atoms with Crippen molar-refractivity contribution in [2.75, 3.05) is 0 Å². The van der Waals surface area contributed by atoms with Gasteiger partial charge in [-0.05, 0) is 38.8 Å². The van der Waals surface area contributed by atoms with Crippen molar-refractivity contribution in [2.45, 2.75) is 63.0 Å². The predicted octanol–water partition coefficient (Wildman–Crippen LogP) is 3.44. The molecule has 0 saturated heterocycles. The Morgan fingerprint density at radius 3 is 2.53 bits per heavy atom. The maximum absolute atomic E-state index is 13.1. The summed E-state index contributed by atoms with van der Waals surface area (Å²) < 4.78 is 46.8. The molecular weight excluding hydrogens is 409 g/mol. The van der Waals surface area contributed by atoms with Crippen LogP contribution in [0.5, 0.6) is 0 Å². The SMILES string of the molecule is Cc1ccc(-c2nnc(CS(=O)(=O)[C@@H](C)Cc3ncc(F)cn3)n2C2CCCC2)o1. The molecule has 0 aromatic carbocycles. The molecule has 0 aliphatic heterocycles. The predicted molar refractivity (Wildman–Crippen MR) is 108 cm³/mol. The minimum atomic E-state index is -3.57. The van der Waals surface area contributed by atoms with Gasteiger partial charge in [0.05, 0.1) is 17.6 Å². The molecule has 0 unspecified atom stereocenters. The molecular formula is C20H24FN5O3S. The monoisotopic (exact) mass is 433 g/mol. The van der Waals surface area contributed by atoms with Crippen molar-refractivity contribution in [2.24, 2.45) is 0 Å². The van der Waals surface area contributed by atoms with E-state index in [-0.39, 0.29) is 24.0 Å². The van der Waals surface area contributed by atoms with Crippen LogP contribution in [-0.4, -0.2) is 38.4 Å². The van der Waals surface area contributed by atoms with Crippen molar-refractivity contribution >= 4 is 9.84 Å². The van der Waals surface area contributed by atoms with E-state index in [1.54, 1.807) is 6.92 Å². The van der Waals surface area contributed by atoms with Crippen LogP contribution in [0.25, 0.3) is 11.6 Å². The number of rotatable bonds is 7. The molecule has 160 valence electrons. The maximum Gasteiger partial charge on any atom is 0.200 e. The van der Waals surface area contributed by atoms with Crippen LogP contribution in [-0.2, 0) is 22.0 Å². The third-order valence-corrected chi connectivity index (χ3v) is 7.56. The first-order valence-corrected chi connectivity index (χ1v) is 11.7. The normalized spacial score (nSPS) is 16.2. The zero-order valence-corrected chi connectivity index (χ0v) is 17.8. The Labute approximate surface area is 174 Å². The average Bonchev–Trinajstić information content (AvgIpc) is 3.44. The Kier molecular flexibility index (Phi) is 5.68. The van der Waals surface area contributed by atoms with Crippen molar-refractivity contribution in [3.05, 3.63) is 47.8 Å². The molecule has 1 saturated carbocycles. The molecule has 3 aromatic heterocycles. The number of aromatic nitrogens is 5. The standard InChI is InChI=1S/C20H24FN5O3S/c1-13-7-8-17(29-13)20-25-24-19(26(20)16-5-3-4-6-16)12-30(27,28)14(2)9-18-22-10-15(21)11-23-18/h7-8,10-11,14,16H,3-6,9,12H2,1-2H3/t14-/m0/s1. The highest BCUT2D eigenvalue weighted by atomic mass is 32.2. The summed E-state index contributed by atoms with van der Waals surface area (Å²) in [6.07, 6.45) is 6.26. The molecule has 0 radical (unpaired) electrons. The van der Waals surface area contributed by atoms with Crippen molar-refractivity contribution in [3.8, 4) is 11.6 Å². The average molecular weight is 434 g/mol. The van der Waals surface area contributed by atoms with Gasteiger partial charge >= 0.3 is 0 Å². The second-order valence-corrected chi connectivity index (χ2v) is 10.2. The largest absolute Gasteiger partial charge is 0.458 e. The van der Waals surface area contributed by atoms with E-state index in [0.29, 0.717) is 17.4 Å². The van der Waals surface area contributed by atoms with Crippen LogP contribution in [0, 0.1) is 12.7 Å². The molecule has 0 N–H and O–H groups in total. The second-order valence-electron chi connectivity index (χ2n) is 7.80. The van der Waals surface area contributed by atoms with Crippen LogP contribution in [0.4, 0.5) is 4.39 Å². The van der Waals surface area contributed by atoms with Gasteiger partial charge in [-0.25, -0.2) is 22.8 Å². The lowest BCUT2D eigenvalue weighted by atomic mass is 10.2. The first-order chi connectivity index (χ1) is 14.3. The van der Waals surface area contributed by atoms with Gasteiger partial charge in [-0.2, -0.15) is 0 Å². The number of aryl methyl sites for hydroxylation is 1. The molecule has 1 fully saturated rings. The van der Waals surface area contributed by atoms with E-state index >= 15 is 0 Å². The highest BCUT2D eigenvalue weighted by Gasteiger charge is 2.30. The summed E-state index contributed by atoms with van der Waals surface area (Å²) >= 11 is 0. The second kappa shape index (κ2) is 8.25. The van der Waals surface area contributed by atoms with Gasteiger partial charge in [-0.15, -0.1) is 10.2 Å². The lowest BCUT2D eigenvalue weighted by Crippen LogP contribution is -2.25. The van der Waals surface area contributed by atoms with Crippen molar-refractivity contribution in [3.63, 3.8) is 0 Å². The Morgan fingerprint density at radius 2 is 1.90 bits per heavy atom. The summed E-state index contributed by atoms with van der Waals surface area (Å²) in [6.45, 7) is 3.46. The quantitative estimate of drug-likeness (QED) is 0.562. The van der Waals surface area contributed by atoms with Crippen LogP contribution in [0.3, 0.4) is 0 Å². The van der Waals surface area contributed by atoms with Gasteiger partial charge < -0.3 is 8.98 Å². The number of hydrogen-bond donors (Lipinski definition) is 0. The van der Waals surface area contributed by atoms with Gasteiger partial charge in [-0.3, -0.25) is 0 Å². The van der Waals surface area contributed by atoms with Gasteiger partial charge in [-0.1, -0.05) is 12.8 Å². The van der Waals surface area contributed by atoms with Gasteiger partial charge in [0.1, 0.15) is 23.2 Å². The summed E-state index contributed by atoms with van der Waals surface area (Å²) in [6, 6.07) is 3.84. The van der Waals surface area contributed by atoms with E-state index in [0.717, 1.165) is 43.8 Å². The summed E-state index contributed by atoms with van der Waals surface area (Å²) in [5.41, 5.74) is 0. The minimum Gasteiger partial charge on any atom is -0.458 e. The number of hydrogen-bond acceptors (Lipinski definition) is 7. The Morgan fingerprint density at radius 1 is 1.20 bits per heavy atom. The summed E-state index contributed by atoms with van der Waals surface area (Å²) in [5, 5.41) is 7.75. The topological polar surface area (TPSA) is 104 Å². The van der Waals surface area contributed by atoms with Crippen LogP contribution < -0.4 is 0 Å². The summed E-state index contributed by atoms with van der Waals surface area (Å²) in [7, 11) is -3.57. The third kappa shape index (κ3) is 4.28. The van der Waals surface area contributed by atoms with Gasteiger partial charge in [0.2, 0.25) is 0 Å². The van der Waals surface area contributed by atoms with Crippen molar-refractivity contribution in [1.29, 1.82) is 0 Å². The van der Waals surface area contributed by atoms with Crippen LogP contribution >= 0.6 is 0 Å². The molecule has 0 amide bonds. The molecule has 10 heteroatoms. The minimum absolute atomic E-state index is 0.102. The van der Waals surface area contributed by atoms with E-state index in [4.69, 9.17) is 4.42 Å². The third-order valence-electron chi connectivity index (χ3n) is 5.50. The lowest BCUT2D eigenvalue weighted by molar-refractivity contribution is 0.488. The van der Waals surface area contributed by atoms with Crippen LogP contribution in [0.1, 0.15) is 56.1 Å². The number of furan rings is 1. The maximum atomic E-state index is 13.1. The van der Waals surface area contributed by atoms with Gasteiger partial charge in [0, 0.05) is 12.5 Å². The fourth-order valence-electron chi connectivity index (χ4n) is 3.84. The molecule has 1 aliphatic rings. The fraction of sp³-hybridized carbons (Fsp3) is 0.500. The molecule has 4 rings (SSSR count). The molecule has 30 heavy (non-hydrogen) atoms. The molecule has 0 bridgehead atoms.